The Hall–Kier alpha value is -2.37. The first kappa shape index (κ1) is 24.3. The van der Waals surface area contributed by atoms with Crippen LogP contribution < -0.4 is 9.47 Å². The predicted octanol–water partition coefficient (Wildman–Crippen LogP) is 7.49. The van der Waals surface area contributed by atoms with E-state index in [4.69, 9.17) is 9.47 Å². The van der Waals surface area contributed by atoms with Crippen molar-refractivity contribution in [1.82, 2.24) is 9.88 Å². The van der Waals surface area contributed by atoms with Crippen LogP contribution in [0.3, 0.4) is 0 Å². The zero-order valence-corrected chi connectivity index (χ0v) is 20.7. The van der Waals surface area contributed by atoms with Gasteiger partial charge in [-0.3, -0.25) is 4.90 Å². The number of unbranched alkanes of at least 4 members (excludes halogenated alkanes) is 2. The van der Waals surface area contributed by atoms with Gasteiger partial charge in [-0.15, -0.1) is 11.3 Å². The van der Waals surface area contributed by atoms with Gasteiger partial charge < -0.3 is 9.47 Å². The first-order valence-electron chi connectivity index (χ1n) is 11.8. The molecule has 0 bridgehead atoms. The van der Waals surface area contributed by atoms with Crippen LogP contribution >= 0.6 is 11.3 Å². The van der Waals surface area contributed by atoms with Crippen LogP contribution in [0.15, 0.2) is 42.5 Å². The van der Waals surface area contributed by atoms with Gasteiger partial charge in [0.15, 0.2) is 6.23 Å². The van der Waals surface area contributed by atoms with Crippen LogP contribution in [0, 0.1) is 0 Å². The number of fused-ring (bicyclic) bond motifs is 1. The average Bonchev–Trinajstić information content (AvgIpc) is 3.24. The van der Waals surface area contributed by atoms with E-state index in [1.54, 1.807) is 18.4 Å². The van der Waals surface area contributed by atoms with Gasteiger partial charge in [0.05, 0.1) is 17.3 Å². The highest BCUT2D eigenvalue weighted by molar-refractivity contribution is 7.19. The van der Waals surface area contributed by atoms with Crippen molar-refractivity contribution in [2.24, 2.45) is 0 Å². The highest BCUT2D eigenvalue weighted by atomic mass is 32.1. The third kappa shape index (κ3) is 6.81. The molecule has 5 heteroatoms. The Balaban J connectivity index is 1.64. The molecule has 3 rings (SSSR count). The smallest absolute Gasteiger partial charge is 0.152 e. The highest BCUT2D eigenvalue weighted by Crippen LogP contribution is 2.27. The summed E-state index contributed by atoms with van der Waals surface area (Å²) in [6.45, 7) is 8.91. The number of hydrogen-bond donors (Lipinski definition) is 0. The van der Waals surface area contributed by atoms with Gasteiger partial charge in [-0.25, -0.2) is 4.98 Å². The van der Waals surface area contributed by atoms with Crippen molar-refractivity contribution in [1.29, 1.82) is 0 Å². The second-order valence-corrected chi connectivity index (χ2v) is 9.07. The zero-order valence-electron chi connectivity index (χ0n) is 19.8. The zero-order chi connectivity index (χ0) is 22.8. The lowest BCUT2D eigenvalue weighted by Crippen LogP contribution is -2.40. The molecule has 3 aromatic rings. The number of benzene rings is 2. The Morgan fingerprint density at radius 1 is 0.938 bits per heavy atom. The molecule has 172 valence electrons. The fraction of sp³-hybridized carbons (Fsp3) is 0.444. The summed E-state index contributed by atoms with van der Waals surface area (Å²) >= 11 is 1.67. The molecule has 0 saturated heterocycles. The van der Waals surface area contributed by atoms with E-state index in [9.17, 15) is 0 Å². The van der Waals surface area contributed by atoms with Crippen LogP contribution in [0.4, 0.5) is 0 Å². The number of thiazole rings is 1. The van der Waals surface area contributed by atoms with Crippen LogP contribution in [-0.4, -0.2) is 36.3 Å². The number of nitrogens with zero attached hydrogens (tertiary/aromatic N) is 2. The maximum absolute atomic E-state index is 6.38. The molecule has 0 amide bonds. The summed E-state index contributed by atoms with van der Waals surface area (Å²) < 4.78 is 12.8. The van der Waals surface area contributed by atoms with Gasteiger partial charge in [-0.05, 0) is 61.2 Å². The molecule has 2 aromatic carbocycles. The molecule has 0 spiro atoms. The summed E-state index contributed by atoms with van der Waals surface area (Å²) in [5.41, 5.74) is 2.14. The topological polar surface area (TPSA) is 34.6 Å². The molecule has 1 aromatic heterocycles. The molecule has 0 radical (unpaired) electrons. The largest absolute Gasteiger partial charge is 0.497 e. The average molecular weight is 453 g/mol. The lowest BCUT2D eigenvalue weighted by Gasteiger charge is -2.31. The summed E-state index contributed by atoms with van der Waals surface area (Å²) in [6.07, 6.45) is 10.1. The maximum Gasteiger partial charge on any atom is 0.152 e. The Morgan fingerprint density at radius 2 is 1.62 bits per heavy atom. The Morgan fingerprint density at radius 3 is 2.25 bits per heavy atom. The minimum atomic E-state index is 0.134. The second-order valence-electron chi connectivity index (χ2n) is 8.01. The lowest BCUT2D eigenvalue weighted by molar-refractivity contribution is 0.0202. The molecule has 0 N–H and O–H groups in total. The molecule has 0 saturated carbocycles. The number of ether oxygens (including phenoxy) is 2. The first-order valence-corrected chi connectivity index (χ1v) is 12.6. The van der Waals surface area contributed by atoms with E-state index in [2.05, 4.69) is 67.1 Å². The van der Waals surface area contributed by atoms with Gasteiger partial charge in [0, 0.05) is 13.1 Å². The molecule has 1 heterocycles. The molecule has 0 aliphatic carbocycles. The van der Waals surface area contributed by atoms with E-state index in [1.165, 1.54) is 25.7 Å². The van der Waals surface area contributed by atoms with Gasteiger partial charge >= 0.3 is 0 Å². The summed E-state index contributed by atoms with van der Waals surface area (Å²) in [5, 5.41) is 0.988. The summed E-state index contributed by atoms with van der Waals surface area (Å²) in [4.78, 5) is 7.19. The molecule has 4 nitrogen and oxygen atoms in total. The van der Waals surface area contributed by atoms with E-state index in [-0.39, 0.29) is 6.23 Å². The summed E-state index contributed by atoms with van der Waals surface area (Å²) in [5.74, 6) is 1.79. The van der Waals surface area contributed by atoms with Crippen LogP contribution in [0.5, 0.6) is 11.5 Å². The Bertz CT molecular complexity index is 973. The van der Waals surface area contributed by atoms with Gasteiger partial charge in [0.25, 0.3) is 0 Å². The van der Waals surface area contributed by atoms with E-state index in [0.29, 0.717) is 0 Å². The van der Waals surface area contributed by atoms with Gasteiger partial charge in [0.1, 0.15) is 16.5 Å². The molecule has 0 fully saturated rings. The fourth-order valence-electron chi connectivity index (χ4n) is 3.64. The van der Waals surface area contributed by atoms with Crippen molar-refractivity contribution < 1.29 is 9.47 Å². The molecule has 0 aliphatic heterocycles. The number of aromatic nitrogens is 1. The fourth-order valence-corrected chi connectivity index (χ4v) is 4.54. The van der Waals surface area contributed by atoms with Gasteiger partial charge in [0.2, 0.25) is 0 Å². The van der Waals surface area contributed by atoms with Crippen LogP contribution in [0.25, 0.3) is 22.4 Å². The minimum absolute atomic E-state index is 0.134. The van der Waals surface area contributed by atoms with E-state index in [1.807, 2.05) is 18.2 Å². The van der Waals surface area contributed by atoms with Crippen molar-refractivity contribution in [3.63, 3.8) is 0 Å². The predicted molar refractivity (Wildman–Crippen MR) is 138 cm³/mol. The molecule has 32 heavy (non-hydrogen) atoms. The van der Waals surface area contributed by atoms with Crippen LogP contribution in [0.1, 0.15) is 63.4 Å². The number of rotatable bonds is 13. The number of methoxy groups -OCH3 is 1. The Kier molecular flexibility index (Phi) is 9.57. The highest BCUT2D eigenvalue weighted by Gasteiger charge is 2.17. The van der Waals surface area contributed by atoms with Crippen LogP contribution in [0.2, 0.25) is 0 Å². The van der Waals surface area contributed by atoms with E-state index < -0.39 is 0 Å². The lowest BCUT2D eigenvalue weighted by atomic mass is 10.2. The third-order valence-corrected chi connectivity index (χ3v) is 6.52. The van der Waals surface area contributed by atoms with Gasteiger partial charge in [-0.2, -0.15) is 0 Å². The first-order chi connectivity index (χ1) is 15.7. The summed E-state index contributed by atoms with van der Waals surface area (Å²) in [6, 6.07) is 14.3. The Labute approximate surface area is 196 Å². The number of hydrogen-bond acceptors (Lipinski definition) is 5. The maximum atomic E-state index is 6.38. The summed E-state index contributed by atoms with van der Waals surface area (Å²) in [7, 11) is 1.69. The third-order valence-electron chi connectivity index (χ3n) is 5.54. The molecule has 1 atom stereocenters. The van der Waals surface area contributed by atoms with E-state index in [0.717, 1.165) is 51.8 Å². The molecular formula is C27H36N2O2S. The van der Waals surface area contributed by atoms with Crippen molar-refractivity contribution in [2.45, 2.75) is 59.1 Å². The second kappa shape index (κ2) is 12.6. The standard InChI is InChI=1S/C27H36N2O2S/c1-5-8-18-29(19-9-6-2)27(7-3)31-22-13-10-21(11-14-22)12-17-26-28-24-16-15-23(30-4)20-25(24)32-26/h10-17,20,27H,5-9,18-19H2,1-4H3/b17-12+. The molecule has 1 unspecified atom stereocenters. The SMILES string of the molecule is CCCCN(CCCC)C(CC)Oc1ccc(/C=C/c2nc3ccc(OC)cc3s2)cc1. The monoisotopic (exact) mass is 452 g/mol. The van der Waals surface area contributed by atoms with Crippen molar-refractivity contribution in [3.8, 4) is 11.5 Å². The van der Waals surface area contributed by atoms with Crippen molar-refractivity contribution >= 4 is 33.7 Å². The van der Waals surface area contributed by atoms with Crippen molar-refractivity contribution in [2.75, 3.05) is 20.2 Å². The van der Waals surface area contributed by atoms with E-state index >= 15 is 0 Å². The van der Waals surface area contributed by atoms with Crippen molar-refractivity contribution in [3.05, 3.63) is 53.0 Å². The normalized spacial score (nSPS) is 12.7. The van der Waals surface area contributed by atoms with Crippen LogP contribution in [-0.2, 0) is 0 Å². The van der Waals surface area contributed by atoms with Gasteiger partial charge in [-0.1, -0.05) is 51.8 Å². The molecular weight excluding hydrogens is 416 g/mol. The minimum Gasteiger partial charge on any atom is -0.497 e. The quantitative estimate of drug-likeness (QED) is 0.252. The molecule has 0 aliphatic rings.